The summed E-state index contributed by atoms with van der Waals surface area (Å²) in [6.07, 6.45) is 8.36. The lowest BCUT2D eigenvalue weighted by molar-refractivity contribution is -0.0250. The quantitative estimate of drug-likeness (QED) is 0.580. The summed E-state index contributed by atoms with van der Waals surface area (Å²) >= 11 is 0. The number of fused-ring (bicyclic) bond motifs is 5. The summed E-state index contributed by atoms with van der Waals surface area (Å²) in [4.78, 5) is 0. The van der Waals surface area contributed by atoms with Crippen molar-refractivity contribution in [1.29, 1.82) is 0 Å². The first-order chi connectivity index (χ1) is 5.86. The molecule has 67 valence electrons. The van der Waals surface area contributed by atoms with E-state index in [2.05, 4.69) is 7.11 Å². The molecule has 0 spiro atoms. The highest BCUT2D eigenvalue weighted by molar-refractivity contribution is 5.09. The van der Waals surface area contributed by atoms with Crippen LogP contribution in [0.4, 0.5) is 0 Å². The van der Waals surface area contributed by atoms with Gasteiger partial charge in [-0.2, -0.15) is 0 Å². The topological polar surface area (TPSA) is 9.23 Å². The van der Waals surface area contributed by atoms with Gasteiger partial charge in [0.05, 0.1) is 12.7 Å². The summed E-state index contributed by atoms with van der Waals surface area (Å²) in [5.74, 6) is 2.90. The van der Waals surface area contributed by atoms with Crippen molar-refractivity contribution in [3.05, 3.63) is 7.11 Å². The van der Waals surface area contributed by atoms with E-state index in [9.17, 15) is 0 Å². The highest BCUT2D eigenvalue weighted by Crippen LogP contribution is 2.62. The predicted octanol–water partition coefficient (Wildman–Crippen LogP) is 2.76. The Bertz CT molecular complexity index is 201. The van der Waals surface area contributed by atoms with Gasteiger partial charge in [-0.15, -0.1) is 0 Å². The van der Waals surface area contributed by atoms with Crippen molar-refractivity contribution in [2.45, 2.75) is 44.1 Å². The zero-order chi connectivity index (χ0) is 8.18. The van der Waals surface area contributed by atoms with Crippen LogP contribution in [0.3, 0.4) is 0 Å². The van der Waals surface area contributed by atoms with E-state index in [1.807, 2.05) is 0 Å². The van der Waals surface area contributed by atoms with Crippen molar-refractivity contribution in [2.75, 3.05) is 0 Å². The molecule has 3 aliphatic rings. The minimum Gasteiger partial charge on any atom is -0.372 e. The molecule has 4 unspecified atom stereocenters. The highest BCUT2D eigenvalue weighted by atomic mass is 16.5. The van der Waals surface area contributed by atoms with Crippen molar-refractivity contribution >= 4 is 0 Å². The maximum absolute atomic E-state index is 5.55. The average Bonchev–Trinajstić information content (AvgIpc) is 2.76. The Kier molecular flexibility index (Phi) is 1.39. The second kappa shape index (κ2) is 2.25. The van der Waals surface area contributed by atoms with Gasteiger partial charge in [0.2, 0.25) is 0 Å². The monoisotopic (exact) mass is 165 g/mol. The minimum absolute atomic E-state index is 0.242. The van der Waals surface area contributed by atoms with Crippen LogP contribution < -0.4 is 0 Å². The van der Waals surface area contributed by atoms with Crippen molar-refractivity contribution in [3.8, 4) is 0 Å². The van der Waals surface area contributed by atoms with E-state index in [-0.39, 0.29) is 5.60 Å². The summed E-state index contributed by atoms with van der Waals surface area (Å²) in [7, 11) is 3.70. The van der Waals surface area contributed by atoms with Crippen LogP contribution in [0.5, 0.6) is 0 Å². The molecule has 0 aromatic rings. The van der Waals surface area contributed by atoms with E-state index in [1.165, 1.54) is 38.5 Å². The third kappa shape index (κ3) is 0.693. The van der Waals surface area contributed by atoms with Crippen LogP contribution in [0.1, 0.15) is 38.5 Å². The van der Waals surface area contributed by atoms with Crippen molar-refractivity contribution in [3.63, 3.8) is 0 Å². The van der Waals surface area contributed by atoms with E-state index < -0.39 is 0 Å². The number of ether oxygens (including phenoxy) is 1. The van der Waals surface area contributed by atoms with Gasteiger partial charge in [-0.3, -0.25) is 0 Å². The lowest BCUT2D eigenvalue weighted by atomic mass is 9.79. The second-order valence-corrected chi connectivity index (χ2v) is 4.91. The van der Waals surface area contributed by atoms with Gasteiger partial charge in [0, 0.05) is 0 Å². The first-order valence-corrected chi connectivity index (χ1v) is 5.29. The van der Waals surface area contributed by atoms with Crippen molar-refractivity contribution < 1.29 is 4.74 Å². The van der Waals surface area contributed by atoms with E-state index in [4.69, 9.17) is 4.74 Å². The molecule has 3 rings (SSSR count). The fourth-order valence-electron chi connectivity index (χ4n) is 4.22. The molecule has 0 saturated heterocycles. The summed E-state index contributed by atoms with van der Waals surface area (Å²) in [5.41, 5.74) is 0.242. The number of hydrogen-bond donors (Lipinski definition) is 0. The molecule has 3 aliphatic carbocycles. The van der Waals surface area contributed by atoms with E-state index in [1.54, 1.807) is 0 Å². The van der Waals surface area contributed by atoms with Crippen LogP contribution in [0.25, 0.3) is 0 Å². The first kappa shape index (κ1) is 7.37. The van der Waals surface area contributed by atoms with Crippen LogP contribution in [-0.4, -0.2) is 5.60 Å². The maximum Gasteiger partial charge on any atom is 0.0717 e. The molecular weight excluding hydrogens is 148 g/mol. The zero-order valence-electron chi connectivity index (χ0n) is 7.59. The molecule has 0 aromatic heterocycles. The van der Waals surface area contributed by atoms with Gasteiger partial charge in [-0.05, 0) is 49.9 Å². The van der Waals surface area contributed by atoms with Gasteiger partial charge in [-0.25, -0.2) is 0 Å². The fourth-order valence-corrected chi connectivity index (χ4v) is 4.22. The minimum atomic E-state index is 0.242. The molecular formula is C11H17O. The molecule has 1 nitrogen and oxygen atoms in total. The Morgan fingerprint density at radius 3 is 3.00 bits per heavy atom. The molecule has 0 aliphatic heterocycles. The number of hydrogen-bond acceptors (Lipinski definition) is 1. The zero-order valence-corrected chi connectivity index (χ0v) is 7.59. The van der Waals surface area contributed by atoms with E-state index >= 15 is 0 Å². The Morgan fingerprint density at radius 1 is 1.25 bits per heavy atom. The normalized spacial score (nSPS) is 56.2. The summed E-state index contributed by atoms with van der Waals surface area (Å²) in [5, 5.41) is 0. The molecule has 3 saturated carbocycles. The molecule has 4 atom stereocenters. The predicted molar refractivity (Wildman–Crippen MR) is 47.3 cm³/mol. The third-order valence-corrected chi connectivity index (χ3v) is 4.68. The van der Waals surface area contributed by atoms with E-state index in [0.29, 0.717) is 0 Å². The van der Waals surface area contributed by atoms with Gasteiger partial charge >= 0.3 is 0 Å². The smallest absolute Gasteiger partial charge is 0.0717 e. The summed E-state index contributed by atoms with van der Waals surface area (Å²) in [6, 6.07) is 0. The van der Waals surface area contributed by atoms with Gasteiger partial charge in [0.15, 0.2) is 0 Å². The lowest BCUT2D eigenvalue weighted by Gasteiger charge is -2.34. The molecule has 12 heavy (non-hydrogen) atoms. The van der Waals surface area contributed by atoms with Crippen LogP contribution >= 0.6 is 0 Å². The molecule has 3 fully saturated rings. The number of rotatable bonds is 1. The molecule has 0 heterocycles. The van der Waals surface area contributed by atoms with Crippen molar-refractivity contribution in [2.24, 2.45) is 17.8 Å². The lowest BCUT2D eigenvalue weighted by Crippen LogP contribution is -2.35. The maximum atomic E-state index is 5.55. The van der Waals surface area contributed by atoms with Crippen molar-refractivity contribution in [1.82, 2.24) is 0 Å². The highest BCUT2D eigenvalue weighted by Gasteiger charge is 2.59. The van der Waals surface area contributed by atoms with Gasteiger partial charge in [0.1, 0.15) is 0 Å². The molecule has 0 amide bonds. The Morgan fingerprint density at radius 2 is 2.17 bits per heavy atom. The van der Waals surface area contributed by atoms with Crippen LogP contribution in [0.15, 0.2) is 0 Å². The first-order valence-electron chi connectivity index (χ1n) is 5.29. The van der Waals surface area contributed by atoms with Gasteiger partial charge < -0.3 is 4.74 Å². The van der Waals surface area contributed by atoms with E-state index in [0.717, 1.165) is 17.8 Å². The Balaban J connectivity index is 1.95. The standard InChI is InChI=1S/C11H17O/c1-12-11-6-5-8(7-11)9-3-2-4-10(9)11/h8-10H,1-7H2. The summed E-state index contributed by atoms with van der Waals surface area (Å²) < 4.78 is 5.55. The molecule has 1 radical (unpaired) electrons. The van der Waals surface area contributed by atoms with Gasteiger partial charge in [-0.1, -0.05) is 6.42 Å². The molecule has 2 bridgehead atoms. The average molecular weight is 165 g/mol. The molecule has 1 heteroatoms. The second-order valence-electron chi connectivity index (χ2n) is 4.91. The molecule has 0 aromatic carbocycles. The SMILES string of the molecule is [CH2]OC12CCC(C1)C1CCCC12. The Hall–Kier alpha value is -0.0400. The van der Waals surface area contributed by atoms with Gasteiger partial charge in [0.25, 0.3) is 0 Å². The fraction of sp³-hybridized carbons (Fsp3) is 0.909. The van der Waals surface area contributed by atoms with Crippen LogP contribution in [0.2, 0.25) is 0 Å². The Labute approximate surface area is 74.5 Å². The third-order valence-electron chi connectivity index (χ3n) is 4.68. The largest absolute Gasteiger partial charge is 0.372 e. The van der Waals surface area contributed by atoms with Crippen LogP contribution in [-0.2, 0) is 4.74 Å². The molecule has 0 N–H and O–H groups in total. The summed E-state index contributed by atoms with van der Waals surface area (Å²) in [6.45, 7) is 0. The van der Waals surface area contributed by atoms with Crippen LogP contribution in [0, 0.1) is 24.9 Å².